The van der Waals surface area contributed by atoms with Gasteiger partial charge in [0.25, 0.3) is 0 Å². The molecular weight excluding hydrogens is 156 g/mol. The molecule has 1 aromatic heterocycles. The van der Waals surface area contributed by atoms with Crippen LogP contribution in [0.5, 0.6) is 0 Å². The van der Waals surface area contributed by atoms with Crippen molar-refractivity contribution >= 4 is 11.3 Å². The summed E-state index contributed by atoms with van der Waals surface area (Å²) in [4.78, 5) is 4.20. The Labute approximate surface area is 70.7 Å². The number of hydrogen-bond acceptors (Lipinski definition) is 3. The first-order valence-electron chi connectivity index (χ1n) is 3.98. The fraction of sp³-hybridized carbons (Fsp3) is 0.625. The van der Waals surface area contributed by atoms with Crippen LogP contribution < -0.4 is 5.32 Å². The van der Waals surface area contributed by atoms with Gasteiger partial charge in [0.15, 0.2) is 0 Å². The van der Waals surface area contributed by atoms with Gasteiger partial charge in [-0.25, -0.2) is 4.98 Å². The topological polar surface area (TPSA) is 24.9 Å². The molecule has 0 aromatic carbocycles. The Bertz CT molecular complexity index is 220. The minimum Gasteiger partial charge on any atom is -0.307 e. The van der Waals surface area contributed by atoms with Crippen molar-refractivity contribution in [3.05, 3.63) is 16.6 Å². The summed E-state index contributed by atoms with van der Waals surface area (Å²) in [5.74, 6) is 0.884. The van der Waals surface area contributed by atoms with E-state index >= 15 is 0 Å². The molecular formula is C8H12N2S. The lowest BCUT2D eigenvalue weighted by Crippen LogP contribution is -2.16. The first kappa shape index (κ1) is 7.25. The van der Waals surface area contributed by atoms with Gasteiger partial charge in [-0.05, 0) is 12.3 Å². The second-order valence-corrected chi connectivity index (χ2v) is 4.11. The zero-order valence-corrected chi connectivity index (χ0v) is 7.40. The van der Waals surface area contributed by atoms with Crippen LogP contribution in [0.3, 0.4) is 0 Å². The van der Waals surface area contributed by atoms with Crippen molar-refractivity contribution in [2.45, 2.75) is 25.9 Å². The van der Waals surface area contributed by atoms with Gasteiger partial charge in [0.2, 0.25) is 0 Å². The molecule has 0 spiro atoms. The Balaban J connectivity index is 1.75. The normalized spacial score (nSPS) is 28.8. The van der Waals surface area contributed by atoms with Crippen LogP contribution in [0.2, 0.25) is 0 Å². The van der Waals surface area contributed by atoms with Gasteiger partial charge >= 0.3 is 0 Å². The van der Waals surface area contributed by atoms with E-state index in [0.29, 0.717) is 0 Å². The van der Waals surface area contributed by atoms with Crippen molar-refractivity contribution in [2.24, 2.45) is 5.92 Å². The van der Waals surface area contributed by atoms with E-state index in [1.54, 1.807) is 11.3 Å². The highest BCUT2D eigenvalue weighted by atomic mass is 32.1. The van der Waals surface area contributed by atoms with Crippen LogP contribution in [0.25, 0.3) is 0 Å². The summed E-state index contributed by atoms with van der Waals surface area (Å²) in [6.45, 7) is 3.23. The smallest absolute Gasteiger partial charge is 0.106 e. The Hall–Kier alpha value is -0.410. The summed E-state index contributed by atoms with van der Waals surface area (Å²) in [6, 6.07) is 0.763. The van der Waals surface area contributed by atoms with E-state index in [1.165, 1.54) is 11.4 Å². The van der Waals surface area contributed by atoms with Crippen molar-refractivity contribution in [1.82, 2.24) is 10.3 Å². The number of nitrogens with zero attached hydrogens (tertiary/aromatic N) is 1. The van der Waals surface area contributed by atoms with E-state index in [1.807, 2.05) is 11.6 Å². The van der Waals surface area contributed by atoms with Crippen molar-refractivity contribution in [2.75, 3.05) is 0 Å². The second-order valence-electron chi connectivity index (χ2n) is 3.13. The van der Waals surface area contributed by atoms with E-state index in [2.05, 4.69) is 17.2 Å². The number of hydrogen-bond donors (Lipinski definition) is 1. The van der Waals surface area contributed by atoms with Gasteiger partial charge < -0.3 is 5.32 Å². The standard InChI is InChI=1S/C8H12N2S/c1-6-4-7(6)10-5-8-9-2-3-11-8/h2-3,6-7,10H,4-5H2,1H3/t6-,7-/m1/s1. The molecule has 60 valence electrons. The Kier molecular flexibility index (Phi) is 1.92. The lowest BCUT2D eigenvalue weighted by atomic mass is 10.5. The van der Waals surface area contributed by atoms with Gasteiger partial charge in [-0.2, -0.15) is 0 Å². The third-order valence-electron chi connectivity index (χ3n) is 2.11. The van der Waals surface area contributed by atoms with Crippen LogP contribution in [-0.2, 0) is 6.54 Å². The molecule has 1 saturated carbocycles. The van der Waals surface area contributed by atoms with Gasteiger partial charge in [-0.1, -0.05) is 6.92 Å². The molecule has 3 heteroatoms. The van der Waals surface area contributed by atoms with E-state index < -0.39 is 0 Å². The summed E-state index contributed by atoms with van der Waals surface area (Å²) in [5, 5.41) is 6.68. The van der Waals surface area contributed by atoms with E-state index in [-0.39, 0.29) is 0 Å². The highest BCUT2D eigenvalue weighted by Crippen LogP contribution is 2.29. The maximum atomic E-state index is 4.20. The summed E-state index contributed by atoms with van der Waals surface area (Å²) < 4.78 is 0. The zero-order valence-electron chi connectivity index (χ0n) is 6.58. The molecule has 1 aromatic rings. The minimum absolute atomic E-state index is 0.763. The van der Waals surface area contributed by atoms with Gasteiger partial charge in [0.1, 0.15) is 5.01 Å². The van der Waals surface area contributed by atoms with Crippen LogP contribution in [0.4, 0.5) is 0 Å². The van der Waals surface area contributed by atoms with Crippen molar-refractivity contribution in [3.8, 4) is 0 Å². The van der Waals surface area contributed by atoms with Gasteiger partial charge in [0, 0.05) is 24.2 Å². The molecule has 0 unspecified atom stereocenters. The summed E-state index contributed by atoms with van der Waals surface area (Å²) in [5.41, 5.74) is 0. The Morgan fingerprint density at radius 2 is 2.64 bits per heavy atom. The molecule has 1 aliphatic carbocycles. The van der Waals surface area contributed by atoms with Crippen LogP contribution in [0, 0.1) is 5.92 Å². The Morgan fingerprint density at radius 3 is 3.18 bits per heavy atom. The highest BCUT2D eigenvalue weighted by Gasteiger charge is 2.31. The van der Waals surface area contributed by atoms with Crippen LogP contribution in [0.1, 0.15) is 18.4 Å². The largest absolute Gasteiger partial charge is 0.307 e. The van der Waals surface area contributed by atoms with E-state index in [0.717, 1.165) is 18.5 Å². The summed E-state index contributed by atoms with van der Waals surface area (Å²) in [6.07, 6.45) is 3.20. The van der Waals surface area contributed by atoms with Gasteiger partial charge in [-0.15, -0.1) is 11.3 Å². The maximum Gasteiger partial charge on any atom is 0.106 e. The monoisotopic (exact) mass is 168 g/mol. The highest BCUT2D eigenvalue weighted by molar-refractivity contribution is 7.09. The molecule has 1 heterocycles. The van der Waals surface area contributed by atoms with E-state index in [9.17, 15) is 0 Å². The molecule has 0 saturated heterocycles. The number of nitrogens with one attached hydrogen (secondary N) is 1. The predicted molar refractivity (Wildman–Crippen MR) is 46.5 cm³/mol. The minimum atomic E-state index is 0.763. The summed E-state index contributed by atoms with van der Waals surface area (Å²) in [7, 11) is 0. The van der Waals surface area contributed by atoms with Crippen LogP contribution in [-0.4, -0.2) is 11.0 Å². The average Bonchev–Trinajstić information content (AvgIpc) is 2.55. The van der Waals surface area contributed by atoms with Crippen molar-refractivity contribution < 1.29 is 0 Å². The molecule has 0 amide bonds. The molecule has 2 atom stereocenters. The predicted octanol–water partition coefficient (Wildman–Crippen LogP) is 1.64. The van der Waals surface area contributed by atoms with Gasteiger partial charge in [0.05, 0.1) is 0 Å². The molecule has 0 radical (unpaired) electrons. The molecule has 1 aliphatic rings. The Morgan fingerprint density at radius 1 is 1.82 bits per heavy atom. The summed E-state index contributed by atoms with van der Waals surface area (Å²) >= 11 is 1.72. The lowest BCUT2D eigenvalue weighted by Gasteiger charge is -1.97. The SMILES string of the molecule is C[C@@H]1C[C@H]1NCc1nccs1. The first-order valence-corrected chi connectivity index (χ1v) is 4.86. The molecule has 2 rings (SSSR count). The van der Waals surface area contributed by atoms with Crippen LogP contribution in [0.15, 0.2) is 11.6 Å². The van der Waals surface area contributed by atoms with Crippen molar-refractivity contribution in [3.63, 3.8) is 0 Å². The number of rotatable bonds is 3. The van der Waals surface area contributed by atoms with Crippen LogP contribution >= 0.6 is 11.3 Å². The molecule has 0 aliphatic heterocycles. The average molecular weight is 168 g/mol. The fourth-order valence-electron chi connectivity index (χ4n) is 1.17. The van der Waals surface area contributed by atoms with E-state index in [4.69, 9.17) is 0 Å². The molecule has 0 bridgehead atoms. The second kappa shape index (κ2) is 2.91. The third kappa shape index (κ3) is 1.79. The zero-order chi connectivity index (χ0) is 7.68. The van der Waals surface area contributed by atoms with Gasteiger partial charge in [-0.3, -0.25) is 0 Å². The van der Waals surface area contributed by atoms with Crippen molar-refractivity contribution in [1.29, 1.82) is 0 Å². The molecule has 2 nitrogen and oxygen atoms in total. The first-order chi connectivity index (χ1) is 5.36. The number of thiazole rings is 1. The number of aromatic nitrogens is 1. The molecule has 11 heavy (non-hydrogen) atoms. The maximum absolute atomic E-state index is 4.20. The third-order valence-corrected chi connectivity index (χ3v) is 2.89. The molecule has 1 N–H and O–H groups in total. The molecule has 1 fully saturated rings. The lowest BCUT2D eigenvalue weighted by molar-refractivity contribution is 0.650. The quantitative estimate of drug-likeness (QED) is 0.742. The fourth-order valence-corrected chi connectivity index (χ4v) is 1.73.